The van der Waals surface area contributed by atoms with Gasteiger partial charge in [0, 0.05) is 24.4 Å². The molecule has 1 N–H and O–H groups in total. The summed E-state index contributed by atoms with van der Waals surface area (Å²) in [7, 11) is 1.55. The topological polar surface area (TPSA) is 79.0 Å². The fourth-order valence-electron chi connectivity index (χ4n) is 5.62. The number of ether oxygens (including phenoxy) is 1. The van der Waals surface area contributed by atoms with Crippen LogP contribution in [0.4, 0.5) is 5.69 Å². The van der Waals surface area contributed by atoms with Crippen LogP contribution in [0.3, 0.4) is 0 Å². The summed E-state index contributed by atoms with van der Waals surface area (Å²) < 4.78 is 5.07. The first kappa shape index (κ1) is 16.0. The van der Waals surface area contributed by atoms with Crippen LogP contribution in [-0.4, -0.2) is 60.4 Å². The van der Waals surface area contributed by atoms with Gasteiger partial charge in [0.25, 0.3) is 0 Å². The summed E-state index contributed by atoms with van der Waals surface area (Å²) >= 11 is 0. The molecule has 0 radical (unpaired) electrons. The molecule has 136 valence electrons. The number of imide groups is 1. The molecule has 26 heavy (non-hydrogen) atoms. The molecular weight excluding hydrogens is 334 g/mol. The molecule has 7 heteroatoms. The van der Waals surface area contributed by atoms with Crippen molar-refractivity contribution in [1.29, 1.82) is 0 Å². The number of likely N-dealkylation sites (tertiary alicyclic amines) is 1. The minimum absolute atomic E-state index is 0.0547. The number of benzene rings is 1. The van der Waals surface area contributed by atoms with Gasteiger partial charge in [0.2, 0.25) is 17.7 Å². The number of para-hydroxylation sites is 1. The van der Waals surface area contributed by atoms with E-state index in [1.807, 2.05) is 24.3 Å². The first-order valence-corrected chi connectivity index (χ1v) is 9.14. The number of carbonyl (C=O) groups is 3. The minimum atomic E-state index is -1.06. The number of amides is 3. The molecule has 4 aliphatic heterocycles. The van der Waals surface area contributed by atoms with Gasteiger partial charge in [-0.1, -0.05) is 18.2 Å². The first-order valence-electron chi connectivity index (χ1n) is 9.14. The van der Waals surface area contributed by atoms with E-state index in [0.717, 1.165) is 30.6 Å². The van der Waals surface area contributed by atoms with Crippen molar-refractivity contribution in [2.24, 2.45) is 11.8 Å². The van der Waals surface area contributed by atoms with Gasteiger partial charge >= 0.3 is 0 Å². The van der Waals surface area contributed by atoms with Crippen molar-refractivity contribution >= 4 is 23.4 Å². The predicted octanol–water partition coefficient (Wildman–Crippen LogP) is 0.560. The molecule has 1 aromatic rings. The van der Waals surface area contributed by atoms with Gasteiger partial charge in [-0.3, -0.25) is 24.2 Å². The highest BCUT2D eigenvalue weighted by Crippen LogP contribution is 2.60. The highest BCUT2D eigenvalue weighted by Gasteiger charge is 2.74. The molecule has 3 fully saturated rings. The van der Waals surface area contributed by atoms with E-state index in [1.54, 1.807) is 7.11 Å². The van der Waals surface area contributed by atoms with Gasteiger partial charge in [0.1, 0.15) is 5.54 Å². The van der Waals surface area contributed by atoms with Gasteiger partial charge in [-0.05, 0) is 25.5 Å². The Morgan fingerprint density at radius 1 is 1.23 bits per heavy atom. The molecule has 3 amide bonds. The van der Waals surface area contributed by atoms with Gasteiger partial charge < -0.3 is 10.1 Å². The van der Waals surface area contributed by atoms with E-state index in [9.17, 15) is 14.4 Å². The summed E-state index contributed by atoms with van der Waals surface area (Å²) in [5.74, 6) is -1.66. The number of carbonyl (C=O) groups excluding carboxylic acids is 3. The van der Waals surface area contributed by atoms with Crippen LogP contribution in [0.1, 0.15) is 18.4 Å². The zero-order valence-corrected chi connectivity index (χ0v) is 14.6. The lowest BCUT2D eigenvalue weighted by molar-refractivity contribution is -0.146. The third kappa shape index (κ3) is 1.68. The summed E-state index contributed by atoms with van der Waals surface area (Å²) in [6.45, 7) is 1.28. The quantitative estimate of drug-likeness (QED) is 0.802. The Bertz CT molecular complexity index is 825. The summed E-state index contributed by atoms with van der Waals surface area (Å²) in [4.78, 5) is 43.1. The fourth-order valence-corrected chi connectivity index (χ4v) is 5.62. The Morgan fingerprint density at radius 2 is 2.04 bits per heavy atom. The highest BCUT2D eigenvalue weighted by atomic mass is 16.5. The third-order valence-electron chi connectivity index (χ3n) is 6.51. The second kappa shape index (κ2) is 5.37. The van der Waals surface area contributed by atoms with Crippen LogP contribution in [0.2, 0.25) is 0 Å². The van der Waals surface area contributed by atoms with E-state index >= 15 is 0 Å². The molecular formula is C19H21N3O4. The Labute approximate surface area is 151 Å². The van der Waals surface area contributed by atoms with Crippen molar-refractivity contribution in [3.8, 4) is 0 Å². The Kier molecular flexibility index (Phi) is 3.30. The van der Waals surface area contributed by atoms with E-state index in [1.165, 1.54) is 4.90 Å². The van der Waals surface area contributed by atoms with E-state index in [-0.39, 0.29) is 30.3 Å². The van der Waals surface area contributed by atoms with Crippen molar-refractivity contribution in [3.05, 3.63) is 29.8 Å². The molecule has 4 atom stereocenters. The van der Waals surface area contributed by atoms with Gasteiger partial charge in [-0.15, -0.1) is 0 Å². The maximum absolute atomic E-state index is 13.3. The van der Waals surface area contributed by atoms with Gasteiger partial charge in [-0.2, -0.15) is 0 Å². The second-order valence-electron chi connectivity index (χ2n) is 7.49. The van der Waals surface area contributed by atoms with E-state index in [2.05, 4.69) is 10.2 Å². The lowest BCUT2D eigenvalue weighted by atomic mass is 9.75. The number of fused-ring (bicyclic) bond motifs is 7. The molecule has 1 spiro atoms. The van der Waals surface area contributed by atoms with Crippen LogP contribution in [0.25, 0.3) is 0 Å². The molecule has 3 saturated heterocycles. The van der Waals surface area contributed by atoms with Gasteiger partial charge in [0.15, 0.2) is 0 Å². The molecule has 4 aliphatic rings. The number of anilines is 1. The smallest absolute Gasteiger partial charge is 0.250 e. The summed E-state index contributed by atoms with van der Waals surface area (Å²) in [5.41, 5.74) is 0.523. The van der Waals surface area contributed by atoms with Crippen molar-refractivity contribution in [3.63, 3.8) is 0 Å². The number of nitrogens with one attached hydrogen (secondary N) is 1. The molecule has 0 aromatic heterocycles. The molecule has 5 rings (SSSR count). The van der Waals surface area contributed by atoms with Crippen molar-refractivity contribution < 1.29 is 19.1 Å². The lowest BCUT2D eigenvalue weighted by Crippen LogP contribution is -2.54. The standard InChI is InChI=1S/C19H21N3O4/c1-26-10-9-21-16(23)14-13-7-4-8-22(13)19(15(14)17(21)24)11-5-2-3-6-12(11)20-18(19)25/h2-3,5-6,13-15H,4,7-10H2,1H3,(H,20,25)/t13-,14-,15+,19-/m1/s1. The van der Waals surface area contributed by atoms with Crippen LogP contribution >= 0.6 is 0 Å². The number of hydrogen-bond donors (Lipinski definition) is 1. The third-order valence-corrected chi connectivity index (χ3v) is 6.51. The van der Waals surface area contributed by atoms with E-state index in [4.69, 9.17) is 4.74 Å². The van der Waals surface area contributed by atoms with Crippen LogP contribution in [0, 0.1) is 11.8 Å². The molecule has 0 bridgehead atoms. The number of rotatable bonds is 3. The second-order valence-corrected chi connectivity index (χ2v) is 7.49. The summed E-state index contributed by atoms with van der Waals surface area (Å²) in [6.07, 6.45) is 1.78. The number of methoxy groups -OCH3 is 1. The lowest BCUT2D eigenvalue weighted by Gasteiger charge is -2.36. The van der Waals surface area contributed by atoms with Crippen molar-refractivity contribution in [2.45, 2.75) is 24.4 Å². The van der Waals surface area contributed by atoms with Crippen LogP contribution in [0.15, 0.2) is 24.3 Å². The average Bonchev–Trinajstić information content (AvgIpc) is 3.33. The van der Waals surface area contributed by atoms with E-state index in [0.29, 0.717) is 6.61 Å². The zero-order valence-electron chi connectivity index (χ0n) is 14.6. The molecule has 0 unspecified atom stereocenters. The predicted molar refractivity (Wildman–Crippen MR) is 92.1 cm³/mol. The molecule has 0 saturated carbocycles. The molecule has 0 aliphatic carbocycles. The van der Waals surface area contributed by atoms with Crippen LogP contribution in [0.5, 0.6) is 0 Å². The SMILES string of the molecule is COCCN1C(=O)[C@@H]2[C@H]3CCCN3[C@@]3(C(=O)Nc4ccccc43)[C@@H]2C1=O. The largest absolute Gasteiger partial charge is 0.383 e. The maximum Gasteiger partial charge on any atom is 0.250 e. The highest BCUT2D eigenvalue weighted by molar-refractivity contribution is 6.15. The van der Waals surface area contributed by atoms with Gasteiger partial charge in [-0.25, -0.2) is 0 Å². The fraction of sp³-hybridized carbons (Fsp3) is 0.526. The average molecular weight is 355 g/mol. The minimum Gasteiger partial charge on any atom is -0.383 e. The Hall–Kier alpha value is -2.25. The van der Waals surface area contributed by atoms with Gasteiger partial charge in [0.05, 0.1) is 25.0 Å². The summed E-state index contributed by atoms with van der Waals surface area (Å²) in [6, 6.07) is 7.49. The van der Waals surface area contributed by atoms with Crippen LogP contribution in [-0.2, 0) is 24.7 Å². The normalized spacial score (nSPS) is 35.2. The molecule has 4 heterocycles. The summed E-state index contributed by atoms with van der Waals surface area (Å²) in [5, 5.41) is 2.96. The Balaban J connectivity index is 1.68. The zero-order chi connectivity index (χ0) is 18.1. The van der Waals surface area contributed by atoms with Crippen LogP contribution < -0.4 is 5.32 Å². The molecule has 7 nitrogen and oxygen atoms in total. The maximum atomic E-state index is 13.3. The van der Waals surface area contributed by atoms with Crippen molar-refractivity contribution in [2.75, 3.05) is 32.1 Å². The first-order chi connectivity index (χ1) is 12.6. The number of nitrogens with zero attached hydrogens (tertiary/aromatic N) is 2. The molecule has 1 aromatic carbocycles. The monoisotopic (exact) mass is 355 g/mol. The van der Waals surface area contributed by atoms with E-state index < -0.39 is 17.4 Å². The number of hydrogen-bond acceptors (Lipinski definition) is 5. The Morgan fingerprint density at radius 3 is 2.85 bits per heavy atom. The van der Waals surface area contributed by atoms with Crippen molar-refractivity contribution in [1.82, 2.24) is 9.80 Å².